The number of rotatable bonds is 4. The topological polar surface area (TPSA) is 100 Å². The van der Waals surface area contributed by atoms with Crippen LogP contribution in [0, 0.1) is 6.92 Å². The van der Waals surface area contributed by atoms with E-state index >= 15 is 0 Å². The Morgan fingerprint density at radius 1 is 1.32 bits per heavy atom. The predicted molar refractivity (Wildman–Crippen MR) is 88.4 cm³/mol. The van der Waals surface area contributed by atoms with Crippen molar-refractivity contribution in [2.75, 3.05) is 7.11 Å². The zero-order valence-electron chi connectivity index (χ0n) is 14.6. The van der Waals surface area contributed by atoms with Gasteiger partial charge in [0.05, 0.1) is 12.7 Å². The molecule has 146 valence electrons. The van der Waals surface area contributed by atoms with E-state index in [0.717, 1.165) is 30.0 Å². The fourth-order valence-electron chi connectivity index (χ4n) is 2.42. The summed E-state index contributed by atoms with van der Waals surface area (Å²) in [5.41, 5.74) is -1.68. The maximum atomic E-state index is 12.9. The van der Waals surface area contributed by atoms with Crippen molar-refractivity contribution in [3.8, 4) is 11.4 Å². The van der Waals surface area contributed by atoms with Crippen LogP contribution >= 0.6 is 0 Å². The number of methoxy groups -OCH3 is 1. The molecular weight excluding hydrogens is 381 g/mol. The monoisotopic (exact) mass is 394 g/mol. The Labute approximate surface area is 155 Å². The number of ether oxygens (including phenoxy) is 1. The summed E-state index contributed by atoms with van der Waals surface area (Å²) in [6, 6.07) is 4.45. The molecule has 28 heavy (non-hydrogen) atoms. The number of nitrogens with zero attached hydrogens (tertiary/aromatic N) is 4. The SMILES string of the molecule is COC(=O)c1cnc(C)n(Cc2nc(-c3cccc(C(F)(F)F)c3)no2)c1=O. The molecule has 0 bridgehead atoms. The molecule has 3 rings (SSSR count). The van der Waals surface area contributed by atoms with E-state index in [0.29, 0.717) is 0 Å². The third-order valence-corrected chi connectivity index (χ3v) is 3.86. The normalized spacial score (nSPS) is 11.5. The molecule has 0 aliphatic rings. The van der Waals surface area contributed by atoms with Gasteiger partial charge in [-0.05, 0) is 19.1 Å². The van der Waals surface area contributed by atoms with Crippen molar-refractivity contribution < 1.29 is 27.2 Å². The van der Waals surface area contributed by atoms with E-state index in [1.54, 1.807) is 0 Å². The lowest BCUT2D eigenvalue weighted by molar-refractivity contribution is -0.137. The molecule has 8 nitrogen and oxygen atoms in total. The number of halogens is 3. The summed E-state index contributed by atoms with van der Waals surface area (Å²) in [6.07, 6.45) is -3.41. The number of aromatic nitrogens is 4. The maximum Gasteiger partial charge on any atom is 0.416 e. The van der Waals surface area contributed by atoms with Gasteiger partial charge in [0.2, 0.25) is 11.7 Å². The second kappa shape index (κ2) is 7.25. The van der Waals surface area contributed by atoms with Crippen LogP contribution in [0.2, 0.25) is 0 Å². The van der Waals surface area contributed by atoms with Crippen LogP contribution in [-0.2, 0) is 17.5 Å². The summed E-state index contributed by atoms with van der Waals surface area (Å²) in [5, 5.41) is 3.66. The van der Waals surface area contributed by atoms with Crippen LogP contribution in [0.3, 0.4) is 0 Å². The summed E-state index contributed by atoms with van der Waals surface area (Å²) < 4.78 is 49.2. The zero-order chi connectivity index (χ0) is 20.5. The molecule has 0 aliphatic heterocycles. The highest BCUT2D eigenvalue weighted by atomic mass is 19.4. The molecule has 3 aromatic rings. The van der Waals surface area contributed by atoms with Crippen LogP contribution in [0.5, 0.6) is 0 Å². The number of carbonyl (C=O) groups is 1. The molecule has 11 heteroatoms. The lowest BCUT2D eigenvalue weighted by Crippen LogP contribution is -2.30. The van der Waals surface area contributed by atoms with Crippen molar-refractivity contribution in [2.24, 2.45) is 0 Å². The molecule has 0 radical (unpaired) electrons. The fraction of sp³-hybridized carbons (Fsp3) is 0.235. The van der Waals surface area contributed by atoms with Crippen LogP contribution in [-0.4, -0.2) is 32.8 Å². The molecule has 0 saturated heterocycles. The summed E-state index contributed by atoms with van der Waals surface area (Å²) in [6.45, 7) is 1.32. The van der Waals surface area contributed by atoms with E-state index in [4.69, 9.17) is 4.52 Å². The van der Waals surface area contributed by atoms with Crippen LogP contribution in [0.4, 0.5) is 13.2 Å². The minimum absolute atomic E-state index is 0.0403. The number of carbonyl (C=O) groups excluding carboxylic acids is 1. The number of benzene rings is 1. The minimum Gasteiger partial charge on any atom is -0.465 e. The van der Waals surface area contributed by atoms with Crippen LogP contribution in [0.1, 0.15) is 27.6 Å². The smallest absolute Gasteiger partial charge is 0.416 e. The molecule has 0 saturated carbocycles. The van der Waals surface area contributed by atoms with E-state index in [9.17, 15) is 22.8 Å². The number of alkyl halides is 3. The average molecular weight is 394 g/mol. The highest BCUT2D eigenvalue weighted by molar-refractivity contribution is 5.88. The van der Waals surface area contributed by atoms with Gasteiger partial charge in [0, 0.05) is 11.8 Å². The van der Waals surface area contributed by atoms with Gasteiger partial charge < -0.3 is 9.26 Å². The number of hydrogen-bond acceptors (Lipinski definition) is 7. The second-order valence-corrected chi connectivity index (χ2v) is 5.69. The van der Waals surface area contributed by atoms with Gasteiger partial charge >= 0.3 is 12.1 Å². The first-order valence-electron chi connectivity index (χ1n) is 7.85. The highest BCUT2D eigenvalue weighted by Gasteiger charge is 2.30. The van der Waals surface area contributed by atoms with Gasteiger partial charge in [-0.15, -0.1) is 0 Å². The number of aryl methyl sites for hydroxylation is 1. The molecule has 0 unspecified atom stereocenters. The van der Waals surface area contributed by atoms with Crippen LogP contribution in [0.15, 0.2) is 39.8 Å². The van der Waals surface area contributed by atoms with E-state index in [-0.39, 0.29) is 35.2 Å². The largest absolute Gasteiger partial charge is 0.465 e. The van der Waals surface area contributed by atoms with Crippen LogP contribution < -0.4 is 5.56 Å². The molecular formula is C17H13F3N4O4. The minimum atomic E-state index is -4.51. The predicted octanol–water partition coefficient (Wildman–Crippen LogP) is 2.46. The molecule has 0 aliphatic carbocycles. The molecule has 2 aromatic heterocycles. The van der Waals surface area contributed by atoms with Crippen molar-refractivity contribution in [2.45, 2.75) is 19.6 Å². The van der Waals surface area contributed by atoms with Gasteiger partial charge in [-0.1, -0.05) is 17.3 Å². The fourth-order valence-corrected chi connectivity index (χ4v) is 2.42. The first kappa shape index (κ1) is 19.3. The van der Waals surface area contributed by atoms with Gasteiger partial charge in [-0.25, -0.2) is 9.78 Å². The first-order valence-corrected chi connectivity index (χ1v) is 7.85. The Morgan fingerprint density at radius 3 is 2.75 bits per heavy atom. The van der Waals surface area contributed by atoms with Crippen molar-refractivity contribution in [1.82, 2.24) is 19.7 Å². The Bertz CT molecular complexity index is 1090. The van der Waals surface area contributed by atoms with Gasteiger partial charge in [-0.3, -0.25) is 9.36 Å². The van der Waals surface area contributed by atoms with Gasteiger partial charge in [0.25, 0.3) is 5.56 Å². The van der Waals surface area contributed by atoms with Gasteiger partial charge in [-0.2, -0.15) is 18.2 Å². The van der Waals surface area contributed by atoms with Crippen molar-refractivity contribution in [3.63, 3.8) is 0 Å². The quantitative estimate of drug-likeness (QED) is 0.627. The third-order valence-electron chi connectivity index (χ3n) is 3.86. The number of esters is 1. The zero-order valence-corrected chi connectivity index (χ0v) is 14.6. The molecule has 0 N–H and O–H groups in total. The Kier molecular flexibility index (Phi) is 4.99. The third kappa shape index (κ3) is 3.77. The van der Waals surface area contributed by atoms with Crippen molar-refractivity contribution in [3.05, 3.63) is 63.7 Å². The highest BCUT2D eigenvalue weighted by Crippen LogP contribution is 2.31. The number of hydrogen-bond donors (Lipinski definition) is 0. The maximum absolute atomic E-state index is 12.9. The average Bonchev–Trinajstić information content (AvgIpc) is 3.13. The van der Waals surface area contributed by atoms with Crippen LogP contribution in [0.25, 0.3) is 11.4 Å². The van der Waals surface area contributed by atoms with E-state index in [2.05, 4.69) is 19.9 Å². The van der Waals surface area contributed by atoms with Crippen molar-refractivity contribution in [1.29, 1.82) is 0 Å². The lowest BCUT2D eigenvalue weighted by Gasteiger charge is -2.07. The van der Waals surface area contributed by atoms with Crippen molar-refractivity contribution >= 4 is 5.97 Å². The Morgan fingerprint density at radius 2 is 2.07 bits per heavy atom. The summed E-state index contributed by atoms with van der Waals surface area (Å²) in [7, 11) is 1.13. The Balaban J connectivity index is 1.93. The molecule has 0 amide bonds. The first-order chi connectivity index (χ1) is 13.2. The molecule has 1 aromatic carbocycles. The molecule has 2 heterocycles. The molecule has 0 atom stereocenters. The van der Waals surface area contributed by atoms with Gasteiger partial charge in [0.1, 0.15) is 17.9 Å². The summed E-state index contributed by atoms with van der Waals surface area (Å²) in [4.78, 5) is 32.0. The molecule has 0 spiro atoms. The second-order valence-electron chi connectivity index (χ2n) is 5.69. The van der Waals surface area contributed by atoms with Gasteiger partial charge in [0.15, 0.2) is 0 Å². The standard InChI is InChI=1S/C17H13F3N4O4/c1-9-21-7-12(16(26)27-2)15(25)24(9)8-13-22-14(23-28-13)10-4-3-5-11(6-10)17(18,19)20/h3-7H,8H2,1-2H3. The lowest BCUT2D eigenvalue weighted by atomic mass is 10.1. The summed E-state index contributed by atoms with van der Waals surface area (Å²) >= 11 is 0. The Hall–Kier alpha value is -3.50. The molecule has 0 fully saturated rings. The van der Waals surface area contributed by atoms with E-state index in [1.807, 2.05) is 0 Å². The van der Waals surface area contributed by atoms with E-state index < -0.39 is 23.3 Å². The summed E-state index contributed by atoms with van der Waals surface area (Å²) in [5.74, 6) is -0.678. The van der Waals surface area contributed by atoms with E-state index in [1.165, 1.54) is 19.1 Å².